The average Bonchev–Trinajstić information content (AvgIpc) is 3.34. The molecule has 0 radical (unpaired) electrons. The molecule has 0 unspecified atom stereocenters. The Morgan fingerprint density at radius 3 is 2.58 bits per heavy atom. The third-order valence-electron chi connectivity index (χ3n) is 6.94. The number of carbonyl (C=O) groups is 2. The van der Waals surface area contributed by atoms with Crippen molar-refractivity contribution >= 4 is 29.2 Å². The highest BCUT2D eigenvalue weighted by atomic mass is 35.5. The minimum absolute atomic E-state index is 0.0570. The van der Waals surface area contributed by atoms with Gasteiger partial charge in [0.05, 0.1) is 18.8 Å². The van der Waals surface area contributed by atoms with Crippen LogP contribution >= 0.6 is 11.6 Å². The van der Waals surface area contributed by atoms with Crippen molar-refractivity contribution < 1.29 is 9.59 Å². The van der Waals surface area contributed by atoms with Gasteiger partial charge in [0.25, 0.3) is 5.91 Å². The van der Waals surface area contributed by atoms with Gasteiger partial charge in [-0.05, 0) is 68.7 Å². The first-order valence-electron chi connectivity index (χ1n) is 12.8. The van der Waals surface area contributed by atoms with Crippen LogP contribution in [0.4, 0.5) is 5.82 Å². The summed E-state index contributed by atoms with van der Waals surface area (Å²) in [5, 5.41) is 8.38. The molecular formula is C28H32ClN5O2. The van der Waals surface area contributed by atoms with Crippen molar-refractivity contribution in [3.8, 4) is 11.3 Å². The summed E-state index contributed by atoms with van der Waals surface area (Å²) in [4.78, 5) is 29.6. The van der Waals surface area contributed by atoms with Crippen molar-refractivity contribution in [3.63, 3.8) is 0 Å². The lowest BCUT2D eigenvalue weighted by Crippen LogP contribution is -2.37. The number of nitrogens with one attached hydrogen (secondary N) is 1. The molecule has 5 rings (SSSR count). The van der Waals surface area contributed by atoms with Crippen molar-refractivity contribution in [2.75, 3.05) is 31.1 Å². The molecule has 0 atom stereocenters. The lowest BCUT2D eigenvalue weighted by atomic mass is 10.1. The van der Waals surface area contributed by atoms with E-state index in [1.54, 1.807) is 4.90 Å². The predicted molar refractivity (Wildman–Crippen MR) is 142 cm³/mol. The van der Waals surface area contributed by atoms with E-state index in [4.69, 9.17) is 16.7 Å². The fourth-order valence-electron chi connectivity index (χ4n) is 4.94. The summed E-state index contributed by atoms with van der Waals surface area (Å²) in [7, 11) is 0. The first-order chi connectivity index (χ1) is 17.6. The molecule has 1 fully saturated rings. The molecule has 1 N–H and O–H groups in total. The molecule has 3 heterocycles. The van der Waals surface area contributed by atoms with Crippen molar-refractivity contribution in [1.29, 1.82) is 0 Å². The summed E-state index contributed by atoms with van der Waals surface area (Å²) >= 11 is 6.15. The SMILES string of the molecule is O=C(NCCCN1CCCCC1)c1ccc(CN2C(=O)CCn3nc(-c4cccc(Cl)c4)cc32)cc1. The number of hydrogen-bond acceptors (Lipinski definition) is 4. The largest absolute Gasteiger partial charge is 0.352 e. The molecule has 7 nitrogen and oxygen atoms in total. The molecule has 2 aromatic carbocycles. The Kier molecular flexibility index (Phi) is 7.68. The van der Waals surface area contributed by atoms with Gasteiger partial charge >= 0.3 is 0 Å². The van der Waals surface area contributed by atoms with Crippen LogP contribution in [0.3, 0.4) is 0 Å². The third-order valence-corrected chi connectivity index (χ3v) is 7.17. The Labute approximate surface area is 217 Å². The summed E-state index contributed by atoms with van der Waals surface area (Å²) in [5.74, 6) is 0.783. The number of fused-ring (bicyclic) bond motifs is 1. The van der Waals surface area contributed by atoms with Gasteiger partial charge in [0.15, 0.2) is 0 Å². The summed E-state index contributed by atoms with van der Waals surface area (Å²) in [5.41, 5.74) is 3.31. The molecule has 0 spiro atoms. The van der Waals surface area contributed by atoms with Crippen LogP contribution in [0, 0.1) is 0 Å². The Morgan fingerprint density at radius 1 is 1.00 bits per heavy atom. The molecule has 3 aromatic rings. The molecule has 0 saturated carbocycles. The zero-order chi connectivity index (χ0) is 24.9. The van der Waals surface area contributed by atoms with Crippen molar-refractivity contribution in [3.05, 3.63) is 70.7 Å². The second-order valence-electron chi connectivity index (χ2n) is 9.56. The Balaban J connectivity index is 1.19. The maximum absolute atomic E-state index is 12.8. The number of aryl methyl sites for hydroxylation is 1. The number of carbonyl (C=O) groups excluding carboxylic acids is 2. The first-order valence-corrected chi connectivity index (χ1v) is 13.2. The van der Waals surface area contributed by atoms with E-state index >= 15 is 0 Å². The quantitative estimate of drug-likeness (QED) is 0.449. The van der Waals surface area contributed by atoms with E-state index in [0.29, 0.717) is 36.6 Å². The summed E-state index contributed by atoms with van der Waals surface area (Å²) in [6.07, 6.45) is 5.27. The molecule has 1 saturated heterocycles. The third kappa shape index (κ3) is 5.79. The molecule has 2 amide bonds. The van der Waals surface area contributed by atoms with E-state index in [1.165, 1.54) is 32.4 Å². The number of piperidine rings is 1. The predicted octanol–water partition coefficient (Wildman–Crippen LogP) is 4.75. The van der Waals surface area contributed by atoms with Crippen molar-refractivity contribution in [1.82, 2.24) is 20.0 Å². The smallest absolute Gasteiger partial charge is 0.251 e. The maximum Gasteiger partial charge on any atom is 0.251 e. The van der Waals surface area contributed by atoms with Gasteiger partial charge in [-0.2, -0.15) is 5.10 Å². The minimum Gasteiger partial charge on any atom is -0.352 e. The van der Waals surface area contributed by atoms with E-state index in [-0.39, 0.29) is 11.8 Å². The van der Waals surface area contributed by atoms with Gasteiger partial charge in [0.2, 0.25) is 5.91 Å². The minimum atomic E-state index is -0.0570. The van der Waals surface area contributed by atoms with Crippen LogP contribution in [-0.4, -0.2) is 52.7 Å². The van der Waals surface area contributed by atoms with Gasteiger partial charge in [0, 0.05) is 35.2 Å². The summed E-state index contributed by atoms with van der Waals surface area (Å²) in [6.45, 7) is 5.06. The highest BCUT2D eigenvalue weighted by Crippen LogP contribution is 2.30. The Morgan fingerprint density at radius 2 is 1.81 bits per heavy atom. The molecule has 8 heteroatoms. The summed E-state index contributed by atoms with van der Waals surface area (Å²) in [6, 6.07) is 17.0. The van der Waals surface area contributed by atoms with Crippen LogP contribution in [0.25, 0.3) is 11.3 Å². The van der Waals surface area contributed by atoms with E-state index in [0.717, 1.165) is 35.6 Å². The van der Waals surface area contributed by atoms with Gasteiger partial charge in [-0.3, -0.25) is 14.5 Å². The highest BCUT2D eigenvalue weighted by Gasteiger charge is 2.26. The first kappa shape index (κ1) is 24.5. The number of aromatic nitrogens is 2. The zero-order valence-electron chi connectivity index (χ0n) is 20.5. The topological polar surface area (TPSA) is 70.5 Å². The standard InChI is InChI=1S/C28H32ClN5O2/c29-24-7-4-6-23(18-24)25-19-26-33(27(35)12-17-34(26)31-25)20-21-8-10-22(11-9-21)28(36)30-13-5-16-32-14-2-1-3-15-32/h4,6-11,18-19H,1-3,5,12-17,20H2,(H,30,36). The van der Waals surface area contributed by atoms with Gasteiger partial charge in [-0.15, -0.1) is 0 Å². The number of benzene rings is 2. The van der Waals surface area contributed by atoms with Crippen LogP contribution < -0.4 is 10.2 Å². The van der Waals surface area contributed by atoms with E-state index in [2.05, 4.69) is 10.2 Å². The van der Waals surface area contributed by atoms with Crippen LogP contribution in [0.2, 0.25) is 5.02 Å². The number of amides is 2. The summed E-state index contributed by atoms with van der Waals surface area (Å²) < 4.78 is 1.88. The molecule has 36 heavy (non-hydrogen) atoms. The number of hydrogen-bond donors (Lipinski definition) is 1. The molecular weight excluding hydrogens is 474 g/mol. The van der Waals surface area contributed by atoms with E-state index in [1.807, 2.05) is 59.3 Å². The lowest BCUT2D eigenvalue weighted by Gasteiger charge is -2.27. The normalized spacial score (nSPS) is 16.1. The maximum atomic E-state index is 12.8. The Bertz CT molecular complexity index is 1220. The van der Waals surface area contributed by atoms with Gasteiger partial charge in [-0.25, -0.2) is 4.68 Å². The zero-order valence-corrected chi connectivity index (χ0v) is 21.2. The second-order valence-corrected chi connectivity index (χ2v) is 10.00. The van der Waals surface area contributed by atoms with Crippen molar-refractivity contribution in [2.45, 2.75) is 45.2 Å². The number of halogens is 1. The number of likely N-dealkylation sites (tertiary alicyclic amines) is 1. The van der Waals surface area contributed by atoms with Gasteiger partial charge in [-0.1, -0.05) is 42.3 Å². The average molecular weight is 506 g/mol. The van der Waals surface area contributed by atoms with Crippen LogP contribution in [0.5, 0.6) is 0 Å². The van der Waals surface area contributed by atoms with E-state index in [9.17, 15) is 9.59 Å². The van der Waals surface area contributed by atoms with Crippen molar-refractivity contribution in [2.24, 2.45) is 0 Å². The Hall–Kier alpha value is -3.16. The number of nitrogens with zero attached hydrogens (tertiary/aromatic N) is 4. The van der Waals surface area contributed by atoms with Gasteiger partial charge in [0.1, 0.15) is 5.82 Å². The van der Waals surface area contributed by atoms with E-state index < -0.39 is 0 Å². The van der Waals surface area contributed by atoms with Crippen LogP contribution in [0.1, 0.15) is 48.0 Å². The lowest BCUT2D eigenvalue weighted by molar-refractivity contribution is -0.119. The number of rotatable bonds is 8. The number of anilines is 1. The van der Waals surface area contributed by atoms with Crippen LogP contribution in [0.15, 0.2) is 54.6 Å². The van der Waals surface area contributed by atoms with Gasteiger partial charge < -0.3 is 10.2 Å². The monoisotopic (exact) mass is 505 g/mol. The second kappa shape index (κ2) is 11.3. The highest BCUT2D eigenvalue weighted by molar-refractivity contribution is 6.30. The fourth-order valence-corrected chi connectivity index (χ4v) is 5.14. The fraction of sp³-hybridized carbons (Fsp3) is 0.393. The molecule has 2 aliphatic rings. The molecule has 188 valence electrons. The van der Waals surface area contributed by atoms with Crippen LogP contribution in [-0.2, 0) is 17.9 Å². The molecule has 0 aliphatic carbocycles. The molecule has 0 bridgehead atoms. The molecule has 1 aromatic heterocycles. The molecule has 2 aliphatic heterocycles.